The van der Waals surface area contributed by atoms with Crippen molar-refractivity contribution in [3.8, 4) is 0 Å². The highest BCUT2D eigenvalue weighted by molar-refractivity contribution is 7.91. The molecular weight excluding hydrogens is 290 g/mol. The van der Waals surface area contributed by atoms with Crippen LogP contribution >= 0.6 is 22.7 Å². The highest BCUT2D eigenvalue weighted by Gasteiger charge is 2.20. The van der Waals surface area contributed by atoms with E-state index in [0.717, 1.165) is 16.2 Å². The van der Waals surface area contributed by atoms with Crippen LogP contribution < -0.4 is 4.72 Å². The summed E-state index contributed by atoms with van der Waals surface area (Å²) in [6.07, 6.45) is 0. The molecule has 18 heavy (non-hydrogen) atoms. The fraction of sp³-hybridized carbons (Fsp3) is 0.273. The molecule has 0 saturated heterocycles. The van der Waals surface area contributed by atoms with E-state index in [1.165, 1.54) is 17.4 Å². The minimum absolute atomic E-state index is 0.138. The molecule has 2 heterocycles. The number of aliphatic hydroxyl groups excluding tert-OH is 1. The summed E-state index contributed by atoms with van der Waals surface area (Å²) in [6, 6.07) is 6.66. The van der Waals surface area contributed by atoms with Crippen molar-refractivity contribution in [1.82, 2.24) is 4.72 Å². The molecule has 0 saturated carbocycles. The monoisotopic (exact) mass is 303 g/mol. The van der Waals surface area contributed by atoms with Crippen LogP contribution in [0.4, 0.5) is 0 Å². The Hall–Kier alpha value is -0.730. The number of nitrogens with one attached hydrogen (secondary N) is 1. The van der Waals surface area contributed by atoms with E-state index in [9.17, 15) is 8.42 Å². The standard InChI is InChI=1S/C11H13NO3S3/c1-8(10-3-2-6-16-10)12-18(14,15)11-5-4-9(7-13)17-11/h2-6,8,12-13H,7H2,1H3. The molecule has 2 rings (SSSR count). The highest BCUT2D eigenvalue weighted by Crippen LogP contribution is 2.25. The van der Waals surface area contributed by atoms with E-state index in [1.54, 1.807) is 6.07 Å². The molecule has 0 bridgehead atoms. The van der Waals surface area contributed by atoms with Gasteiger partial charge in [0.1, 0.15) is 4.21 Å². The predicted molar refractivity (Wildman–Crippen MR) is 73.3 cm³/mol. The highest BCUT2D eigenvalue weighted by atomic mass is 32.2. The van der Waals surface area contributed by atoms with Gasteiger partial charge in [-0.3, -0.25) is 0 Å². The van der Waals surface area contributed by atoms with Gasteiger partial charge in [0.2, 0.25) is 0 Å². The van der Waals surface area contributed by atoms with E-state index < -0.39 is 10.0 Å². The molecule has 0 aliphatic carbocycles. The zero-order valence-corrected chi connectivity index (χ0v) is 12.1. The van der Waals surface area contributed by atoms with E-state index in [1.807, 2.05) is 24.4 Å². The Bertz CT molecular complexity index is 601. The van der Waals surface area contributed by atoms with Gasteiger partial charge >= 0.3 is 0 Å². The molecule has 7 heteroatoms. The third-order valence-electron chi connectivity index (χ3n) is 2.36. The second kappa shape index (κ2) is 5.50. The molecular formula is C11H13NO3S3. The van der Waals surface area contributed by atoms with Crippen molar-refractivity contribution in [2.24, 2.45) is 0 Å². The first kappa shape index (κ1) is 13.7. The Morgan fingerprint density at radius 3 is 2.72 bits per heavy atom. The largest absolute Gasteiger partial charge is 0.391 e. The van der Waals surface area contributed by atoms with Crippen LogP contribution in [0.2, 0.25) is 0 Å². The molecule has 0 spiro atoms. The Balaban J connectivity index is 2.17. The second-order valence-electron chi connectivity index (χ2n) is 3.74. The van der Waals surface area contributed by atoms with Crippen molar-refractivity contribution < 1.29 is 13.5 Å². The molecule has 2 N–H and O–H groups in total. The number of rotatable bonds is 5. The van der Waals surface area contributed by atoms with Gasteiger partial charge in [0.25, 0.3) is 10.0 Å². The van der Waals surface area contributed by atoms with E-state index >= 15 is 0 Å². The maximum atomic E-state index is 12.1. The molecule has 2 aromatic rings. The van der Waals surface area contributed by atoms with Gasteiger partial charge in [0.15, 0.2) is 0 Å². The summed E-state index contributed by atoms with van der Waals surface area (Å²) in [4.78, 5) is 1.61. The third kappa shape index (κ3) is 2.99. The minimum Gasteiger partial charge on any atom is -0.391 e. The lowest BCUT2D eigenvalue weighted by atomic mass is 10.3. The SMILES string of the molecule is CC(NS(=O)(=O)c1ccc(CO)s1)c1cccs1. The van der Waals surface area contributed by atoms with Crippen LogP contribution in [0.15, 0.2) is 33.9 Å². The lowest BCUT2D eigenvalue weighted by molar-refractivity contribution is 0.285. The van der Waals surface area contributed by atoms with Gasteiger partial charge in [0, 0.05) is 9.75 Å². The van der Waals surface area contributed by atoms with Crippen LogP contribution in [0.1, 0.15) is 22.7 Å². The first-order valence-corrected chi connectivity index (χ1v) is 8.46. The van der Waals surface area contributed by atoms with Gasteiger partial charge in [-0.15, -0.1) is 22.7 Å². The summed E-state index contributed by atoms with van der Waals surface area (Å²) >= 11 is 2.60. The Morgan fingerprint density at radius 2 is 2.17 bits per heavy atom. The van der Waals surface area contributed by atoms with E-state index in [2.05, 4.69) is 4.72 Å². The van der Waals surface area contributed by atoms with E-state index in [4.69, 9.17) is 5.11 Å². The first-order chi connectivity index (χ1) is 8.53. The first-order valence-electron chi connectivity index (χ1n) is 5.28. The van der Waals surface area contributed by atoms with Gasteiger partial charge < -0.3 is 5.11 Å². The Kier molecular flexibility index (Phi) is 4.18. The van der Waals surface area contributed by atoms with Crippen LogP contribution in [-0.4, -0.2) is 13.5 Å². The lowest BCUT2D eigenvalue weighted by Crippen LogP contribution is -2.25. The van der Waals surface area contributed by atoms with Crippen LogP contribution in [0.25, 0.3) is 0 Å². The molecule has 0 aliphatic heterocycles. The molecule has 1 atom stereocenters. The van der Waals surface area contributed by atoms with Crippen molar-refractivity contribution >= 4 is 32.7 Å². The maximum absolute atomic E-state index is 12.1. The predicted octanol–water partition coefficient (Wildman–Crippen LogP) is 2.34. The van der Waals surface area contributed by atoms with Crippen molar-refractivity contribution in [2.75, 3.05) is 0 Å². The number of sulfonamides is 1. The van der Waals surface area contributed by atoms with Gasteiger partial charge in [-0.2, -0.15) is 0 Å². The zero-order valence-electron chi connectivity index (χ0n) is 9.66. The fourth-order valence-corrected chi connectivity index (χ4v) is 4.74. The fourth-order valence-electron chi connectivity index (χ4n) is 1.47. The average Bonchev–Trinajstić information content (AvgIpc) is 3.00. The maximum Gasteiger partial charge on any atom is 0.250 e. The van der Waals surface area contributed by atoms with Crippen molar-refractivity contribution in [2.45, 2.75) is 23.8 Å². The number of aliphatic hydroxyl groups is 1. The van der Waals surface area contributed by atoms with Gasteiger partial charge in [-0.1, -0.05) is 6.07 Å². The summed E-state index contributed by atoms with van der Waals surface area (Å²) < 4.78 is 27.0. The third-order valence-corrected chi connectivity index (χ3v) is 6.52. The minimum atomic E-state index is -3.51. The van der Waals surface area contributed by atoms with Crippen LogP contribution in [0.3, 0.4) is 0 Å². The average molecular weight is 303 g/mol. The number of thiophene rings is 2. The lowest BCUT2D eigenvalue weighted by Gasteiger charge is -2.11. The molecule has 1 unspecified atom stereocenters. The second-order valence-corrected chi connectivity index (χ2v) is 7.83. The molecule has 2 aromatic heterocycles. The number of hydrogen-bond donors (Lipinski definition) is 2. The van der Waals surface area contributed by atoms with Gasteiger partial charge in [-0.25, -0.2) is 13.1 Å². The molecule has 0 fully saturated rings. The van der Waals surface area contributed by atoms with Crippen LogP contribution in [0.5, 0.6) is 0 Å². The summed E-state index contributed by atoms with van der Waals surface area (Å²) in [5.74, 6) is 0. The quantitative estimate of drug-likeness (QED) is 0.891. The Morgan fingerprint density at radius 1 is 1.39 bits per heavy atom. The molecule has 0 amide bonds. The molecule has 4 nitrogen and oxygen atoms in total. The smallest absolute Gasteiger partial charge is 0.250 e. The van der Waals surface area contributed by atoms with Gasteiger partial charge in [0.05, 0.1) is 12.6 Å². The topological polar surface area (TPSA) is 66.4 Å². The summed E-state index contributed by atoms with van der Waals surface area (Å²) in [6.45, 7) is 1.67. The molecule has 0 aromatic carbocycles. The molecule has 0 radical (unpaired) electrons. The summed E-state index contributed by atoms with van der Waals surface area (Å²) in [5, 5.41) is 10.9. The Labute approximate surface area is 114 Å². The molecule has 98 valence electrons. The summed E-state index contributed by atoms with van der Waals surface area (Å²) in [7, 11) is -3.51. The van der Waals surface area contributed by atoms with Crippen molar-refractivity contribution in [1.29, 1.82) is 0 Å². The van der Waals surface area contributed by atoms with Crippen molar-refractivity contribution in [3.63, 3.8) is 0 Å². The van der Waals surface area contributed by atoms with Crippen molar-refractivity contribution in [3.05, 3.63) is 39.4 Å². The molecule has 0 aliphatic rings. The van der Waals surface area contributed by atoms with E-state index in [0.29, 0.717) is 4.88 Å². The zero-order chi connectivity index (χ0) is 13.2. The van der Waals surface area contributed by atoms with Crippen LogP contribution in [0, 0.1) is 0 Å². The number of hydrogen-bond acceptors (Lipinski definition) is 5. The van der Waals surface area contributed by atoms with Crippen LogP contribution in [-0.2, 0) is 16.6 Å². The van der Waals surface area contributed by atoms with Gasteiger partial charge in [-0.05, 0) is 30.5 Å². The van der Waals surface area contributed by atoms with E-state index in [-0.39, 0.29) is 16.9 Å². The normalized spacial score (nSPS) is 13.7. The summed E-state index contributed by atoms with van der Waals surface area (Å²) in [5.41, 5.74) is 0.